The number of H-pyrrole nitrogens is 1. The van der Waals surface area contributed by atoms with Crippen molar-refractivity contribution in [3.8, 4) is 0 Å². The molecule has 2 heterocycles. The van der Waals surface area contributed by atoms with Crippen molar-refractivity contribution in [2.75, 3.05) is 11.5 Å². The summed E-state index contributed by atoms with van der Waals surface area (Å²) in [6.45, 7) is 0. The lowest BCUT2D eigenvalue weighted by atomic mass is 10.1. The Labute approximate surface area is 117 Å². The Balaban J connectivity index is 2.09. The van der Waals surface area contributed by atoms with Gasteiger partial charge < -0.3 is 5.73 Å². The zero-order valence-corrected chi connectivity index (χ0v) is 11.3. The molecular weight excluding hydrogens is 284 g/mol. The average molecular weight is 293 g/mol. The molecule has 3 N–H and O–H groups in total. The molecule has 0 fully saturated rings. The molecule has 2 aromatic rings. The van der Waals surface area contributed by atoms with E-state index in [2.05, 4.69) is 15.0 Å². The number of nitrogens with two attached hydrogens (primary N) is 1. The zero-order chi connectivity index (χ0) is 13.4. The Kier molecular flexibility index (Phi) is 3.04. The minimum Gasteiger partial charge on any atom is -0.369 e. The van der Waals surface area contributed by atoms with Gasteiger partial charge in [0, 0.05) is 10.8 Å². The van der Waals surface area contributed by atoms with E-state index in [1.807, 2.05) is 12.1 Å². The summed E-state index contributed by atoms with van der Waals surface area (Å²) in [5.74, 6) is 0.756. The molecule has 7 heteroatoms. The van der Waals surface area contributed by atoms with Crippen LogP contribution in [-0.4, -0.2) is 21.4 Å². The maximum absolute atomic E-state index is 11.8. The van der Waals surface area contributed by atoms with Crippen LogP contribution in [0, 0.1) is 0 Å². The smallest absolute Gasteiger partial charge is 0.279 e. The van der Waals surface area contributed by atoms with Gasteiger partial charge in [-0.05, 0) is 17.7 Å². The molecule has 0 aliphatic carbocycles. The van der Waals surface area contributed by atoms with E-state index in [1.54, 1.807) is 12.1 Å². The quantitative estimate of drug-likeness (QED) is 0.790. The van der Waals surface area contributed by atoms with Gasteiger partial charge in [-0.15, -0.1) is 0 Å². The van der Waals surface area contributed by atoms with Crippen LogP contribution in [0.25, 0.3) is 0 Å². The zero-order valence-electron chi connectivity index (χ0n) is 9.68. The Morgan fingerprint density at radius 1 is 1.32 bits per heavy atom. The second kappa shape index (κ2) is 4.71. The lowest BCUT2D eigenvalue weighted by molar-refractivity contribution is 1.02. The number of thioether (sulfide) groups is 1. The highest BCUT2D eigenvalue weighted by molar-refractivity contribution is 8.00. The largest absolute Gasteiger partial charge is 0.369 e. The Morgan fingerprint density at radius 3 is 2.79 bits per heavy atom. The molecule has 1 aliphatic rings. The molecule has 96 valence electrons. The first-order chi connectivity index (χ1) is 9.13. The van der Waals surface area contributed by atoms with Crippen LogP contribution in [0.2, 0.25) is 5.02 Å². The summed E-state index contributed by atoms with van der Waals surface area (Å²) in [4.78, 5) is 22.7. The van der Waals surface area contributed by atoms with Gasteiger partial charge in [0.15, 0.2) is 5.69 Å². The number of anilines is 1. The number of aliphatic imine (C=N–C) groups is 1. The summed E-state index contributed by atoms with van der Waals surface area (Å²) in [6, 6.07) is 7.35. The van der Waals surface area contributed by atoms with Gasteiger partial charge in [0.05, 0.1) is 5.71 Å². The first kappa shape index (κ1) is 12.3. The molecule has 19 heavy (non-hydrogen) atoms. The topological polar surface area (TPSA) is 84.1 Å². The van der Waals surface area contributed by atoms with Gasteiger partial charge in [-0.3, -0.25) is 9.78 Å². The van der Waals surface area contributed by atoms with Crippen molar-refractivity contribution < 1.29 is 0 Å². The molecule has 1 aromatic carbocycles. The Bertz CT molecular complexity index is 723. The summed E-state index contributed by atoms with van der Waals surface area (Å²) in [7, 11) is 0. The maximum Gasteiger partial charge on any atom is 0.279 e. The normalized spacial score (nSPS) is 13.8. The van der Waals surface area contributed by atoms with Crippen molar-refractivity contribution in [3.05, 3.63) is 45.2 Å². The van der Waals surface area contributed by atoms with Crippen molar-refractivity contribution in [1.29, 1.82) is 0 Å². The fourth-order valence-electron chi connectivity index (χ4n) is 1.76. The van der Waals surface area contributed by atoms with Crippen LogP contribution < -0.4 is 11.3 Å². The maximum atomic E-state index is 11.8. The van der Waals surface area contributed by atoms with Crippen molar-refractivity contribution in [2.24, 2.45) is 4.99 Å². The van der Waals surface area contributed by atoms with Crippen LogP contribution in [0.15, 0.2) is 39.1 Å². The van der Waals surface area contributed by atoms with Crippen LogP contribution in [0.1, 0.15) is 5.56 Å². The minimum absolute atomic E-state index is 0.112. The number of nitrogens with one attached hydrogen (secondary N) is 1. The average Bonchev–Trinajstić information content (AvgIpc) is 2.39. The van der Waals surface area contributed by atoms with E-state index in [1.165, 1.54) is 11.8 Å². The highest BCUT2D eigenvalue weighted by Gasteiger charge is 2.18. The molecule has 0 spiro atoms. The van der Waals surface area contributed by atoms with E-state index in [9.17, 15) is 4.79 Å². The highest BCUT2D eigenvalue weighted by Crippen LogP contribution is 2.31. The molecule has 1 aliphatic heterocycles. The number of hydrogen-bond donors (Lipinski definition) is 2. The third-order valence-electron chi connectivity index (χ3n) is 2.65. The van der Waals surface area contributed by atoms with Crippen molar-refractivity contribution in [2.45, 2.75) is 5.03 Å². The number of fused-ring (bicyclic) bond motifs is 1. The van der Waals surface area contributed by atoms with E-state index in [-0.39, 0.29) is 11.5 Å². The summed E-state index contributed by atoms with van der Waals surface area (Å²) < 4.78 is 0. The van der Waals surface area contributed by atoms with E-state index in [0.29, 0.717) is 21.5 Å². The molecule has 0 amide bonds. The van der Waals surface area contributed by atoms with Crippen LogP contribution in [-0.2, 0) is 0 Å². The molecule has 0 saturated carbocycles. The van der Waals surface area contributed by atoms with Gasteiger partial charge in [0.1, 0.15) is 5.03 Å². The summed E-state index contributed by atoms with van der Waals surface area (Å²) >= 11 is 7.30. The van der Waals surface area contributed by atoms with E-state index < -0.39 is 0 Å². The summed E-state index contributed by atoms with van der Waals surface area (Å²) in [6.07, 6.45) is 0. The van der Waals surface area contributed by atoms with Crippen LogP contribution >= 0.6 is 23.4 Å². The van der Waals surface area contributed by atoms with E-state index in [4.69, 9.17) is 17.3 Å². The lowest BCUT2D eigenvalue weighted by Crippen LogP contribution is -2.17. The third-order valence-corrected chi connectivity index (χ3v) is 3.88. The van der Waals surface area contributed by atoms with Gasteiger partial charge >= 0.3 is 0 Å². The van der Waals surface area contributed by atoms with Crippen LogP contribution in [0.4, 0.5) is 11.6 Å². The number of nitrogen functional groups attached to an aromatic ring is 1. The molecule has 0 bridgehead atoms. The van der Waals surface area contributed by atoms with Gasteiger partial charge in [0.2, 0.25) is 5.95 Å². The molecule has 0 saturated heterocycles. The number of aromatic amines is 1. The van der Waals surface area contributed by atoms with Gasteiger partial charge in [0.25, 0.3) is 5.56 Å². The Morgan fingerprint density at radius 2 is 2.05 bits per heavy atom. The fraction of sp³-hybridized carbons (Fsp3) is 0.0833. The van der Waals surface area contributed by atoms with Gasteiger partial charge in [-0.25, -0.2) is 9.98 Å². The van der Waals surface area contributed by atoms with Crippen LogP contribution in [0.3, 0.4) is 0 Å². The molecule has 1 aromatic heterocycles. The number of halogens is 1. The highest BCUT2D eigenvalue weighted by atomic mass is 35.5. The van der Waals surface area contributed by atoms with Gasteiger partial charge in [-0.1, -0.05) is 35.5 Å². The third kappa shape index (κ3) is 2.36. The molecule has 3 rings (SSSR count). The van der Waals surface area contributed by atoms with Crippen LogP contribution in [0.5, 0.6) is 0 Å². The monoisotopic (exact) mass is 292 g/mol. The van der Waals surface area contributed by atoms with E-state index in [0.717, 1.165) is 11.3 Å². The Hall–Kier alpha value is -1.79. The van der Waals surface area contributed by atoms with Crippen molar-refractivity contribution in [1.82, 2.24) is 9.97 Å². The fourth-order valence-corrected chi connectivity index (χ4v) is 2.82. The first-order valence-corrected chi connectivity index (χ1v) is 6.86. The molecule has 0 unspecified atom stereocenters. The summed E-state index contributed by atoms with van der Waals surface area (Å²) in [5, 5.41) is 1.24. The molecular formula is C12H9ClN4OS. The molecule has 5 nitrogen and oxygen atoms in total. The number of nitrogens with zero attached hydrogens (tertiary/aromatic N) is 2. The van der Waals surface area contributed by atoms with Gasteiger partial charge in [-0.2, -0.15) is 0 Å². The predicted molar refractivity (Wildman–Crippen MR) is 77.6 cm³/mol. The minimum atomic E-state index is -0.318. The number of benzene rings is 1. The SMILES string of the molecule is Nc1nc2c(c(=O)[nH]1)N=C(c1ccc(Cl)cc1)CS2. The second-order valence-electron chi connectivity index (χ2n) is 3.96. The predicted octanol–water partition coefficient (Wildman–Crippen LogP) is 2.23. The van der Waals surface area contributed by atoms with E-state index >= 15 is 0 Å². The number of rotatable bonds is 1. The number of hydrogen-bond acceptors (Lipinski definition) is 5. The first-order valence-electron chi connectivity index (χ1n) is 5.49. The molecule has 0 radical (unpaired) electrons. The molecule has 0 atom stereocenters. The second-order valence-corrected chi connectivity index (χ2v) is 5.36. The number of aromatic nitrogens is 2. The van der Waals surface area contributed by atoms with Crippen molar-refractivity contribution in [3.63, 3.8) is 0 Å². The lowest BCUT2D eigenvalue weighted by Gasteiger charge is -2.13. The standard InChI is InChI=1S/C12H9ClN4OS/c13-7-3-1-6(2-4-7)8-5-19-11-9(15-8)10(18)16-12(14)17-11/h1-4H,5H2,(H3,14,16,17,18). The summed E-state index contributed by atoms with van der Waals surface area (Å²) in [5.41, 5.74) is 7.27. The van der Waals surface area contributed by atoms with Crippen molar-refractivity contribution >= 4 is 40.7 Å².